The molecule has 0 spiro atoms. The van der Waals surface area contributed by atoms with E-state index in [-0.39, 0.29) is 17.4 Å². The van der Waals surface area contributed by atoms with Crippen molar-refractivity contribution in [3.63, 3.8) is 0 Å². The van der Waals surface area contributed by atoms with Gasteiger partial charge in [-0.25, -0.2) is 0 Å². The number of amides is 1. The van der Waals surface area contributed by atoms with Crippen molar-refractivity contribution in [1.29, 1.82) is 0 Å². The van der Waals surface area contributed by atoms with Crippen LogP contribution in [0.3, 0.4) is 0 Å². The lowest BCUT2D eigenvalue weighted by Crippen LogP contribution is -2.27. The van der Waals surface area contributed by atoms with E-state index in [2.05, 4.69) is 20.6 Å². The number of hydrogen-bond donors (Lipinski definition) is 3. The molecule has 0 saturated heterocycles. The number of hydrogen-bond acceptors (Lipinski definition) is 5. The van der Waals surface area contributed by atoms with Gasteiger partial charge in [0.2, 0.25) is 0 Å². The summed E-state index contributed by atoms with van der Waals surface area (Å²) >= 11 is 0. The number of anilines is 1. The summed E-state index contributed by atoms with van der Waals surface area (Å²) in [4.78, 5) is 13.4. The molecule has 0 aliphatic carbocycles. The Labute approximate surface area is 108 Å². The van der Waals surface area contributed by atoms with Crippen LogP contribution in [0.5, 0.6) is 0 Å². The van der Waals surface area contributed by atoms with Crippen LogP contribution < -0.4 is 10.6 Å². The average molecular weight is 260 g/mol. The summed E-state index contributed by atoms with van der Waals surface area (Å²) in [5.74, 6) is -0.338. The number of carbonyl (C=O) groups excluding carboxylic acids is 1. The quantitative estimate of drug-likeness (QED) is 0.314. The van der Waals surface area contributed by atoms with E-state index >= 15 is 0 Å². The zero-order valence-corrected chi connectivity index (χ0v) is 10.1. The molecule has 4 N–H and O–H groups in total. The molecule has 2 rings (SSSR count). The largest absolute Gasteiger partial charge is 0.409 e. The number of nitrogens with one attached hydrogen (secondary N) is 1. The molecule has 8 nitrogen and oxygen atoms in total. The van der Waals surface area contributed by atoms with Crippen molar-refractivity contribution >= 4 is 17.4 Å². The zero-order valence-electron chi connectivity index (χ0n) is 10.1. The summed E-state index contributed by atoms with van der Waals surface area (Å²) in [6.07, 6.45) is 1.34. The van der Waals surface area contributed by atoms with E-state index in [0.29, 0.717) is 11.3 Å². The molecule has 0 atom stereocenters. The maximum atomic E-state index is 12.0. The van der Waals surface area contributed by atoms with E-state index < -0.39 is 0 Å². The predicted molar refractivity (Wildman–Crippen MR) is 68.1 cm³/mol. The van der Waals surface area contributed by atoms with E-state index in [0.717, 1.165) is 0 Å². The fourth-order valence-electron chi connectivity index (χ4n) is 1.53. The van der Waals surface area contributed by atoms with Gasteiger partial charge in [0, 0.05) is 18.3 Å². The standard InChI is InChI=1S/C11H12N6O2/c1-17(11(18)9-6-13-16-14-9)8-4-2-3-7(5-8)10(12)15-19/h2-6,19H,1H3,(H2,12,15)(H,13,14,16). The normalized spacial score (nSPS) is 11.3. The molecule has 2 aromatic rings. The van der Waals surface area contributed by atoms with E-state index in [1.807, 2.05) is 0 Å². The second kappa shape index (κ2) is 5.17. The summed E-state index contributed by atoms with van der Waals surface area (Å²) in [5, 5.41) is 21.2. The first-order valence-corrected chi connectivity index (χ1v) is 5.35. The number of amidine groups is 1. The summed E-state index contributed by atoms with van der Waals surface area (Å²) < 4.78 is 0. The maximum absolute atomic E-state index is 12.0. The monoisotopic (exact) mass is 260 g/mol. The molecule has 0 bridgehead atoms. The molecule has 19 heavy (non-hydrogen) atoms. The number of oxime groups is 1. The predicted octanol–water partition coefficient (Wildman–Crippen LogP) is 0.176. The number of nitrogens with zero attached hydrogens (tertiary/aromatic N) is 4. The van der Waals surface area contributed by atoms with Gasteiger partial charge in [0.15, 0.2) is 11.5 Å². The first-order chi connectivity index (χ1) is 9.13. The molecule has 0 aliphatic heterocycles. The summed E-state index contributed by atoms with van der Waals surface area (Å²) in [6, 6.07) is 6.74. The highest BCUT2D eigenvalue weighted by molar-refractivity contribution is 6.05. The Morgan fingerprint density at radius 3 is 2.95 bits per heavy atom. The minimum Gasteiger partial charge on any atom is -0.409 e. The molecule has 98 valence electrons. The number of aromatic nitrogens is 3. The maximum Gasteiger partial charge on any atom is 0.280 e. The van der Waals surface area contributed by atoms with Crippen LogP contribution in [0.1, 0.15) is 16.1 Å². The Hall–Kier alpha value is -2.90. The number of carbonyl (C=O) groups is 1. The van der Waals surface area contributed by atoms with E-state index in [1.165, 1.54) is 11.1 Å². The Morgan fingerprint density at radius 1 is 1.53 bits per heavy atom. The molecule has 1 aromatic carbocycles. The number of H-pyrrole nitrogens is 1. The fourth-order valence-corrected chi connectivity index (χ4v) is 1.53. The smallest absolute Gasteiger partial charge is 0.280 e. The topological polar surface area (TPSA) is 120 Å². The van der Waals surface area contributed by atoms with Crippen molar-refractivity contribution in [2.45, 2.75) is 0 Å². The highest BCUT2D eigenvalue weighted by atomic mass is 16.4. The van der Waals surface area contributed by atoms with Crippen LogP contribution in [0.15, 0.2) is 35.6 Å². The minimum atomic E-state index is -0.314. The van der Waals surface area contributed by atoms with Gasteiger partial charge in [-0.1, -0.05) is 17.3 Å². The molecule has 1 heterocycles. The van der Waals surface area contributed by atoms with Gasteiger partial charge in [-0.2, -0.15) is 15.4 Å². The third-order valence-electron chi connectivity index (χ3n) is 2.58. The van der Waals surface area contributed by atoms with Gasteiger partial charge >= 0.3 is 0 Å². The first-order valence-electron chi connectivity index (χ1n) is 5.35. The first kappa shape index (κ1) is 12.6. The highest BCUT2D eigenvalue weighted by Gasteiger charge is 2.16. The van der Waals surface area contributed by atoms with Crippen molar-refractivity contribution in [3.05, 3.63) is 41.7 Å². The van der Waals surface area contributed by atoms with E-state index in [9.17, 15) is 4.79 Å². The van der Waals surface area contributed by atoms with Crippen molar-refractivity contribution < 1.29 is 10.0 Å². The Morgan fingerprint density at radius 2 is 2.32 bits per heavy atom. The second-order valence-corrected chi connectivity index (χ2v) is 3.75. The molecule has 8 heteroatoms. The Bertz CT molecular complexity index is 607. The summed E-state index contributed by atoms with van der Waals surface area (Å²) in [7, 11) is 1.60. The van der Waals surface area contributed by atoms with Crippen LogP contribution in [-0.4, -0.2) is 39.4 Å². The van der Waals surface area contributed by atoms with Crippen LogP contribution in [0.2, 0.25) is 0 Å². The molecule has 0 saturated carbocycles. The zero-order chi connectivity index (χ0) is 13.8. The molecule has 1 amide bonds. The third-order valence-corrected chi connectivity index (χ3v) is 2.58. The van der Waals surface area contributed by atoms with Crippen molar-refractivity contribution in [2.24, 2.45) is 10.9 Å². The number of nitrogens with two attached hydrogens (primary N) is 1. The van der Waals surface area contributed by atoms with Crippen LogP contribution in [-0.2, 0) is 0 Å². The van der Waals surface area contributed by atoms with Gasteiger partial charge in [-0.15, -0.1) is 0 Å². The highest BCUT2D eigenvalue weighted by Crippen LogP contribution is 2.16. The van der Waals surface area contributed by atoms with Crippen LogP contribution in [0, 0.1) is 0 Å². The lowest BCUT2D eigenvalue weighted by atomic mass is 10.1. The molecule has 0 fully saturated rings. The van der Waals surface area contributed by atoms with Gasteiger partial charge in [0.05, 0.1) is 6.20 Å². The van der Waals surface area contributed by atoms with Gasteiger partial charge in [0.25, 0.3) is 5.91 Å². The minimum absolute atomic E-state index is 0.0239. The number of rotatable bonds is 3. The molecule has 0 aliphatic rings. The van der Waals surface area contributed by atoms with Crippen LogP contribution >= 0.6 is 0 Å². The van der Waals surface area contributed by atoms with Gasteiger partial charge in [-0.05, 0) is 12.1 Å². The molecule has 0 unspecified atom stereocenters. The number of aromatic amines is 1. The second-order valence-electron chi connectivity index (χ2n) is 3.75. The van der Waals surface area contributed by atoms with Gasteiger partial charge in [-0.3, -0.25) is 4.79 Å². The molecular formula is C11H12N6O2. The third kappa shape index (κ3) is 2.51. The van der Waals surface area contributed by atoms with E-state index in [1.54, 1.807) is 31.3 Å². The Kier molecular flexibility index (Phi) is 3.42. The Balaban J connectivity index is 2.29. The fraction of sp³-hybridized carbons (Fsp3) is 0.0909. The molecule has 0 radical (unpaired) electrons. The molecule has 1 aromatic heterocycles. The lowest BCUT2D eigenvalue weighted by Gasteiger charge is -2.16. The lowest BCUT2D eigenvalue weighted by molar-refractivity contribution is 0.0988. The van der Waals surface area contributed by atoms with Crippen molar-refractivity contribution in [3.8, 4) is 0 Å². The molecular weight excluding hydrogens is 248 g/mol. The SMILES string of the molecule is CN(C(=O)c1cn[nH]n1)c1cccc(C(N)=NO)c1. The van der Waals surface area contributed by atoms with Crippen molar-refractivity contribution in [2.75, 3.05) is 11.9 Å². The van der Waals surface area contributed by atoms with Gasteiger partial charge < -0.3 is 15.8 Å². The average Bonchev–Trinajstić information content (AvgIpc) is 2.99. The van der Waals surface area contributed by atoms with Gasteiger partial charge in [0.1, 0.15) is 0 Å². The number of benzene rings is 1. The summed E-state index contributed by atoms with van der Waals surface area (Å²) in [5.41, 5.74) is 6.82. The van der Waals surface area contributed by atoms with Crippen LogP contribution in [0.4, 0.5) is 5.69 Å². The van der Waals surface area contributed by atoms with E-state index in [4.69, 9.17) is 10.9 Å². The van der Waals surface area contributed by atoms with Crippen LogP contribution in [0.25, 0.3) is 0 Å². The van der Waals surface area contributed by atoms with Crippen molar-refractivity contribution in [1.82, 2.24) is 15.4 Å². The summed E-state index contributed by atoms with van der Waals surface area (Å²) in [6.45, 7) is 0.